The Bertz CT molecular complexity index is 952. The van der Waals surface area contributed by atoms with Crippen molar-refractivity contribution in [2.45, 2.75) is 59.5 Å². The summed E-state index contributed by atoms with van der Waals surface area (Å²) in [6.45, 7) is 8.20. The molecule has 12 nitrogen and oxygen atoms in total. The van der Waals surface area contributed by atoms with Gasteiger partial charge in [-0.05, 0) is 25.7 Å². The van der Waals surface area contributed by atoms with E-state index in [1.165, 1.54) is 10.9 Å². The zero-order chi connectivity index (χ0) is 22.7. The number of fused-ring (bicyclic) bond motifs is 1. The summed E-state index contributed by atoms with van der Waals surface area (Å²) >= 11 is 0. The molecule has 2 rings (SSSR count). The van der Waals surface area contributed by atoms with Gasteiger partial charge in [0.15, 0.2) is 17.4 Å². The van der Waals surface area contributed by atoms with Crippen LogP contribution in [-0.2, 0) is 18.3 Å². The van der Waals surface area contributed by atoms with E-state index in [1.807, 2.05) is 20.8 Å². The molecule has 2 aromatic rings. The van der Waals surface area contributed by atoms with E-state index in [0.717, 1.165) is 0 Å². The van der Waals surface area contributed by atoms with Crippen LogP contribution in [-0.4, -0.2) is 50.0 Å². The molecular weight excluding hydrogens is 417 g/mol. The summed E-state index contributed by atoms with van der Waals surface area (Å²) in [4.78, 5) is 34.3. The van der Waals surface area contributed by atoms with E-state index in [4.69, 9.17) is 19.5 Å². The summed E-state index contributed by atoms with van der Waals surface area (Å²) in [6.07, 6.45) is -0.586. The predicted molar refractivity (Wildman–Crippen MR) is 107 cm³/mol. The lowest BCUT2D eigenvalue weighted by molar-refractivity contribution is -0.232. The molecule has 0 saturated heterocycles. The van der Waals surface area contributed by atoms with Crippen LogP contribution >= 0.6 is 7.82 Å². The third kappa shape index (κ3) is 6.86. The maximum atomic E-state index is 12.0. The van der Waals surface area contributed by atoms with Crippen molar-refractivity contribution in [3.63, 3.8) is 0 Å². The van der Waals surface area contributed by atoms with Gasteiger partial charge in [0.05, 0.1) is 31.7 Å². The molecule has 0 aromatic carbocycles. The van der Waals surface area contributed by atoms with Crippen molar-refractivity contribution in [3.05, 3.63) is 16.7 Å². The van der Waals surface area contributed by atoms with Crippen molar-refractivity contribution >= 4 is 24.9 Å². The first kappa shape index (κ1) is 24.4. The second-order valence-corrected chi connectivity index (χ2v) is 9.70. The highest BCUT2D eigenvalue weighted by atomic mass is 31.2. The summed E-state index contributed by atoms with van der Waals surface area (Å²) in [5.74, 6) is -0.112. The highest BCUT2D eigenvalue weighted by Crippen LogP contribution is 2.40. The van der Waals surface area contributed by atoms with E-state index in [1.54, 1.807) is 13.8 Å². The molecule has 4 N–H and O–H groups in total. The number of phosphoric ester groups is 1. The molecule has 0 spiro atoms. The third-order valence-corrected chi connectivity index (χ3v) is 5.01. The van der Waals surface area contributed by atoms with E-state index >= 15 is 0 Å². The summed E-state index contributed by atoms with van der Waals surface area (Å²) in [5, 5.41) is 9.89. The Hall–Kier alpha value is -1.82. The average Bonchev–Trinajstić information content (AvgIpc) is 2.99. The Balaban J connectivity index is 2.26. The van der Waals surface area contributed by atoms with Crippen LogP contribution in [0.2, 0.25) is 0 Å². The fraction of sp³-hybridized carbons (Fsp3) is 0.706. The number of hydrogen-bond acceptors (Lipinski definition) is 10. The highest BCUT2D eigenvalue weighted by molar-refractivity contribution is 7.45. The molecule has 2 aromatic heterocycles. The van der Waals surface area contributed by atoms with Gasteiger partial charge in [-0.15, -0.1) is 0 Å². The number of imidazole rings is 1. The second-order valence-electron chi connectivity index (χ2n) is 8.33. The minimum Gasteiger partial charge on any atom is -0.756 e. The lowest BCUT2D eigenvalue weighted by atomic mass is 9.89. The fourth-order valence-corrected chi connectivity index (χ4v) is 3.79. The molecule has 3 atom stereocenters. The van der Waals surface area contributed by atoms with Crippen molar-refractivity contribution in [3.8, 4) is 0 Å². The number of nitrogens with one attached hydrogen (secondary N) is 1. The molecule has 2 heterocycles. The first-order chi connectivity index (χ1) is 13.8. The maximum Gasteiger partial charge on any atom is 0.280 e. The number of nitrogens with two attached hydrogens (primary N) is 1. The van der Waals surface area contributed by atoms with Gasteiger partial charge in [0.25, 0.3) is 13.4 Å². The molecule has 13 heteroatoms. The molecular formula is C17H29N5O7P-. The molecule has 0 amide bonds. The number of anilines is 1. The molecule has 0 radical (unpaired) electrons. The molecule has 0 saturated carbocycles. The molecule has 0 aliphatic carbocycles. The van der Waals surface area contributed by atoms with Crippen molar-refractivity contribution in [1.82, 2.24) is 19.5 Å². The minimum absolute atomic E-state index is 0.0317. The molecule has 0 fully saturated rings. The summed E-state index contributed by atoms with van der Waals surface area (Å²) < 4.78 is 29.0. The molecule has 30 heavy (non-hydrogen) atoms. The quantitative estimate of drug-likeness (QED) is 0.445. The Morgan fingerprint density at radius 2 is 2.07 bits per heavy atom. The van der Waals surface area contributed by atoms with E-state index in [-0.39, 0.29) is 29.1 Å². The SMILES string of the molecule is CC(C)OP(=O)([O-])OC[C@@H](CC(C)(C)C)O[C@H](CO)n1cnc2c(=O)[nH]c(N)nc21. The lowest BCUT2D eigenvalue weighted by Crippen LogP contribution is -2.31. The van der Waals surface area contributed by atoms with Gasteiger partial charge in [0.1, 0.15) is 0 Å². The number of aliphatic hydroxyl groups is 1. The first-order valence-corrected chi connectivity index (χ1v) is 10.9. The minimum atomic E-state index is -4.52. The van der Waals surface area contributed by atoms with Crippen LogP contribution in [0.15, 0.2) is 11.1 Å². The van der Waals surface area contributed by atoms with Crippen molar-refractivity contribution in [2.24, 2.45) is 5.41 Å². The Morgan fingerprint density at radius 1 is 1.40 bits per heavy atom. The van der Waals surface area contributed by atoms with E-state index in [9.17, 15) is 19.4 Å². The van der Waals surface area contributed by atoms with Crippen molar-refractivity contribution < 1.29 is 28.3 Å². The number of nitrogens with zero attached hydrogens (tertiary/aromatic N) is 3. The van der Waals surface area contributed by atoms with Gasteiger partial charge in [0.2, 0.25) is 5.95 Å². The van der Waals surface area contributed by atoms with Gasteiger partial charge in [-0.3, -0.25) is 18.9 Å². The monoisotopic (exact) mass is 446 g/mol. The number of hydrogen-bond donors (Lipinski definition) is 3. The van der Waals surface area contributed by atoms with Crippen LogP contribution in [0.4, 0.5) is 5.95 Å². The number of aromatic nitrogens is 4. The average molecular weight is 446 g/mol. The standard InChI is InChI=1S/C17H30N5O7P/c1-10(2)29-30(25,26)27-8-11(6-17(3,4)5)28-12(7-23)22-9-19-13-14(22)20-16(18)21-15(13)24/h9-12,23H,6-8H2,1-5H3,(H,25,26)(H3,18,20,21,24)/p-1/t11-,12-/m1/s1. The lowest BCUT2D eigenvalue weighted by Gasteiger charge is -2.32. The van der Waals surface area contributed by atoms with Crippen LogP contribution in [0.3, 0.4) is 0 Å². The van der Waals surface area contributed by atoms with Crippen LogP contribution in [0, 0.1) is 5.41 Å². The van der Waals surface area contributed by atoms with Crippen molar-refractivity contribution in [1.29, 1.82) is 0 Å². The summed E-state index contributed by atoms with van der Waals surface area (Å²) in [7, 11) is -4.52. The largest absolute Gasteiger partial charge is 0.756 e. The third-order valence-electron chi connectivity index (χ3n) is 3.87. The van der Waals surface area contributed by atoms with Crippen LogP contribution in [0.25, 0.3) is 11.2 Å². The number of aliphatic hydroxyl groups excluding tert-OH is 1. The molecule has 0 bridgehead atoms. The highest BCUT2D eigenvalue weighted by Gasteiger charge is 2.27. The van der Waals surface area contributed by atoms with Gasteiger partial charge < -0.3 is 29.5 Å². The molecule has 1 unspecified atom stereocenters. The number of H-pyrrole nitrogens is 1. The zero-order valence-corrected chi connectivity index (χ0v) is 18.6. The van der Waals surface area contributed by atoms with E-state index in [0.29, 0.717) is 6.42 Å². The molecule has 0 aliphatic heterocycles. The number of nitrogen functional groups attached to an aromatic ring is 1. The van der Waals surface area contributed by atoms with E-state index < -0.39 is 38.4 Å². The number of phosphoric acid groups is 1. The Morgan fingerprint density at radius 3 is 2.63 bits per heavy atom. The number of rotatable bonds is 10. The summed E-state index contributed by atoms with van der Waals surface area (Å²) in [6, 6.07) is 0. The topological polar surface area (TPSA) is 178 Å². The molecule has 0 aliphatic rings. The smallest absolute Gasteiger partial charge is 0.280 e. The number of aromatic amines is 1. The van der Waals surface area contributed by atoms with Gasteiger partial charge >= 0.3 is 0 Å². The second kappa shape index (κ2) is 9.54. The van der Waals surface area contributed by atoms with Crippen LogP contribution in [0.5, 0.6) is 0 Å². The van der Waals surface area contributed by atoms with Gasteiger partial charge in [-0.2, -0.15) is 4.98 Å². The Labute approximate surface area is 174 Å². The zero-order valence-electron chi connectivity index (χ0n) is 17.7. The Kier molecular flexibility index (Phi) is 7.78. The van der Waals surface area contributed by atoms with Crippen molar-refractivity contribution in [2.75, 3.05) is 18.9 Å². The van der Waals surface area contributed by atoms with Crippen LogP contribution in [0.1, 0.15) is 47.3 Å². The maximum absolute atomic E-state index is 12.0. The predicted octanol–water partition coefficient (Wildman–Crippen LogP) is 0.924. The normalized spacial score (nSPS) is 16.7. The van der Waals surface area contributed by atoms with Gasteiger partial charge in [0, 0.05) is 0 Å². The first-order valence-electron chi connectivity index (χ1n) is 9.44. The fourth-order valence-electron chi connectivity index (χ4n) is 2.86. The van der Waals surface area contributed by atoms with Gasteiger partial charge in [-0.1, -0.05) is 20.8 Å². The van der Waals surface area contributed by atoms with Crippen LogP contribution < -0.4 is 16.2 Å². The summed E-state index contributed by atoms with van der Waals surface area (Å²) in [5.41, 5.74) is 5.00. The van der Waals surface area contributed by atoms with Gasteiger partial charge in [-0.25, -0.2) is 4.98 Å². The van der Waals surface area contributed by atoms with E-state index in [2.05, 4.69) is 15.0 Å². The number of ether oxygens (including phenoxy) is 1. The molecule has 170 valence electrons.